The molecule has 0 amide bonds. The van der Waals surface area contributed by atoms with Crippen molar-refractivity contribution < 1.29 is 9.66 Å². The van der Waals surface area contributed by atoms with Crippen LogP contribution in [0.1, 0.15) is 11.1 Å². The number of nitrogens with zero attached hydrogens (tertiary/aromatic N) is 4. The van der Waals surface area contributed by atoms with Gasteiger partial charge in [-0.05, 0) is 22.6 Å². The molecule has 8 nitrogen and oxygen atoms in total. The largest absolute Gasteiger partial charge is 0.473 e. The summed E-state index contributed by atoms with van der Waals surface area (Å²) in [6, 6.07) is 18.7. The Balaban J connectivity index is 1.54. The van der Waals surface area contributed by atoms with E-state index in [1.807, 2.05) is 36.4 Å². The molecular formula is C20H17N5O3. The van der Waals surface area contributed by atoms with E-state index < -0.39 is 4.92 Å². The minimum atomic E-state index is -0.446. The number of hydrogen-bond acceptors (Lipinski definition) is 6. The molecule has 0 spiro atoms. The highest BCUT2D eigenvalue weighted by Crippen LogP contribution is 2.26. The Kier molecular flexibility index (Phi) is 4.83. The summed E-state index contributed by atoms with van der Waals surface area (Å²) in [7, 11) is 0. The standard InChI is InChI=1S/C20H17N5O3/c26-25(27)20-18(23-17-10-4-5-12-24(17)20)22-13-16-9-6-11-21-19(16)28-14-15-7-2-1-3-8-15/h1-12,22H,13-14H2. The average molecular weight is 375 g/mol. The van der Waals surface area contributed by atoms with Gasteiger partial charge in [0.1, 0.15) is 6.61 Å². The topological polar surface area (TPSA) is 94.6 Å². The maximum atomic E-state index is 11.5. The molecule has 0 saturated carbocycles. The van der Waals surface area contributed by atoms with Gasteiger partial charge in [-0.25, -0.2) is 4.98 Å². The van der Waals surface area contributed by atoms with Crippen molar-refractivity contribution in [2.45, 2.75) is 13.2 Å². The van der Waals surface area contributed by atoms with Gasteiger partial charge in [-0.3, -0.25) is 0 Å². The van der Waals surface area contributed by atoms with Crippen LogP contribution < -0.4 is 10.1 Å². The van der Waals surface area contributed by atoms with E-state index in [2.05, 4.69) is 15.3 Å². The van der Waals surface area contributed by atoms with Crippen LogP contribution in [0.15, 0.2) is 73.1 Å². The first-order valence-corrected chi connectivity index (χ1v) is 8.68. The Bertz CT molecular complexity index is 1110. The van der Waals surface area contributed by atoms with Crippen molar-refractivity contribution in [2.24, 2.45) is 0 Å². The second-order valence-corrected chi connectivity index (χ2v) is 6.07. The Labute approximate surface area is 160 Å². The second kappa shape index (κ2) is 7.75. The highest BCUT2D eigenvalue weighted by atomic mass is 16.6. The predicted molar refractivity (Wildman–Crippen MR) is 104 cm³/mol. The predicted octanol–water partition coefficient (Wildman–Crippen LogP) is 3.83. The third kappa shape index (κ3) is 3.61. The van der Waals surface area contributed by atoms with E-state index in [9.17, 15) is 10.1 Å². The van der Waals surface area contributed by atoms with E-state index in [1.54, 1.807) is 36.7 Å². The summed E-state index contributed by atoms with van der Waals surface area (Å²) in [4.78, 5) is 19.7. The van der Waals surface area contributed by atoms with Crippen LogP contribution >= 0.6 is 0 Å². The summed E-state index contributed by atoms with van der Waals surface area (Å²) < 4.78 is 7.28. The van der Waals surface area contributed by atoms with Crippen molar-refractivity contribution in [1.29, 1.82) is 0 Å². The maximum absolute atomic E-state index is 11.5. The van der Waals surface area contributed by atoms with E-state index in [4.69, 9.17) is 4.74 Å². The summed E-state index contributed by atoms with van der Waals surface area (Å²) in [5.41, 5.74) is 2.32. The Morgan fingerprint density at radius 2 is 1.89 bits per heavy atom. The van der Waals surface area contributed by atoms with Crippen LogP contribution in [0, 0.1) is 10.1 Å². The van der Waals surface area contributed by atoms with Crippen LogP contribution in [0.4, 0.5) is 11.6 Å². The number of imidazole rings is 1. The van der Waals surface area contributed by atoms with Crippen LogP contribution in [0.3, 0.4) is 0 Å². The molecule has 0 atom stereocenters. The molecule has 0 fully saturated rings. The molecule has 28 heavy (non-hydrogen) atoms. The van der Waals surface area contributed by atoms with Gasteiger partial charge in [0.05, 0.1) is 6.20 Å². The van der Waals surface area contributed by atoms with Crippen molar-refractivity contribution in [2.75, 3.05) is 5.32 Å². The summed E-state index contributed by atoms with van der Waals surface area (Å²) in [6.07, 6.45) is 3.27. The lowest BCUT2D eigenvalue weighted by Crippen LogP contribution is -2.06. The number of nitro groups is 1. The summed E-state index contributed by atoms with van der Waals surface area (Å²) >= 11 is 0. The Morgan fingerprint density at radius 1 is 1.07 bits per heavy atom. The molecule has 140 valence electrons. The fraction of sp³-hybridized carbons (Fsp3) is 0.100. The number of pyridine rings is 2. The van der Waals surface area contributed by atoms with Gasteiger partial charge in [-0.2, -0.15) is 9.38 Å². The van der Waals surface area contributed by atoms with Gasteiger partial charge in [0, 0.05) is 24.4 Å². The fourth-order valence-corrected chi connectivity index (χ4v) is 2.87. The lowest BCUT2D eigenvalue weighted by atomic mass is 10.2. The minimum Gasteiger partial charge on any atom is -0.473 e. The molecule has 0 aliphatic heterocycles. The molecule has 1 aromatic carbocycles. The maximum Gasteiger partial charge on any atom is 0.372 e. The third-order valence-electron chi connectivity index (χ3n) is 4.19. The lowest BCUT2D eigenvalue weighted by molar-refractivity contribution is -0.389. The number of nitrogens with one attached hydrogen (secondary N) is 1. The molecule has 0 bridgehead atoms. The number of ether oxygens (including phenoxy) is 1. The van der Waals surface area contributed by atoms with E-state index in [1.165, 1.54) is 4.40 Å². The highest BCUT2D eigenvalue weighted by Gasteiger charge is 2.22. The van der Waals surface area contributed by atoms with Gasteiger partial charge in [0.25, 0.3) is 0 Å². The molecule has 0 aliphatic carbocycles. The van der Waals surface area contributed by atoms with Gasteiger partial charge in [-0.1, -0.05) is 42.5 Å². The first-order chi connectivity index (χ1) is 13.7. The van der Waals surface area contributed by atoms with Crippen LogP contribution in [-0.2, 0) is 13.2 Å². The Hall–Kier alpha value is -3.94. The van der Waals surface area contributed by atoms with Gasteiger partial charge >= 0.3 is 5.82 Å². The van der Waals surface area contributed by atoms with Crippen molar-refractivity contribution in [3.63, 3.8) is 0 Å². The molecule has 1 N–H and O–H groups in total. The van der Waals surface area contributed by atoms with Gasteiger partial charge in [0.2, 0.25) is 17.3 Å². The number of aromatic nitrogens is 3. The van der Waals surface area contributed by atoms with Gasteiger partial charge in [-0.15, -0.1) is 0 Å². The van der Waals surface area contributed by atoms with Crippen LogP contribution in [0.2, 0.25) is 0 Å². The highest BCUT2D eigenvalue weighted by molar-refractivity contribution is 5.62. The van der Waals surface area contributed by atoms with Crippen molar-refractivity contribution >= 4 is 17.3 Å². The van der Waals surface area contributed by atoms with E-state index >= 15 is 0 Å². The van der Waals surface area contributed by atoms with Gasteiger partial charge < -0.3 is 20.2 Å². The molecule has 3 aromatic heterocycles. The number of benzene rings is 1. The second-order valence-electron chi connectivity index (χ2n) is 6.07. The van der Waals surface area contributed by atoms with Crippen LogP contribution in [0.25, 0.3) is 5.65 Å². The Morgan fingerprint density at radius 3 is 2.71 bits per heavy atom. The molecule has 3 heterocycles. The molecule has 0 unspecified atom stereocenters. The van der Waals surface area contributed by atoms with Crippen LogP contribution in [0.5, 0.6) is 5.88 Å². The molecule has 0 saturated heterocycles. The van der Waals surface area contributed by atoms with E-state index in [0.717, 1.165) is 11.1 Å². The minimum absolute atomic E-state index is 0.105. The zero-order valence-electron chi connectivity index (χ0n) is 14.9. The monoisotopic (exact) mass is 375 g/mol. The SMILES string of the molecule is O=[N+]([O-])c1c(NCc2cccnc2OCc2ccccc2)nc2ccccn12. The summed E-state index contributed by atoms with van der Waals surface area (Å²) in [5.74, 6) is 0.575. The molecular weight excluding hydrogens is 358 g/mol. The first-order valence-electron chi connectivity index (χ1n) is 8.68. The van der Waals surface area contributed by atoms with Crippen molar-refractivity contribution in [3.05, 3.63) is 94.3 Å². The fourth-order valence-electron chi connectivity index (χ4n) is 2.87. The molecule has 4 aromatic rings. The zero-order valence-corrected chi connectivity index (χ0v) is 14.9. The number of rotatable bonds is 7. The van der Waals surface area contributed by atoms with Crippen molar-refractivity contribution in [3.8, 4) is 5.88 Å². The summed E-state index contributed by atoms with van der Waals surface area (Å²) in [6.45, 7) is 0.683. The number of hydrogen-bond donors (Lipinski definition) is 1. The molecule has 8 heteroatoms. The smallest absolute Gasteiger partial charge is 0.372 e. The van der Waals surface area contributed by atoms with Gasteiger partial charge in [0.15, 0.2) is 0 Å². The van der Waals surface area contributed by atoms with Crippen LogP contribution in [-0.4, -0.2) is 19.3 Å². The lowest BCUT2D eigenvalue weighted by Gasteiger charge is -2.10. The van der Waals surface area contributed by atoms with E-state index in [0.29, 0.717) is 24.7 Å². The first kappa shape index (κ1) is 17.5. The number of anilines is 1. The zero-order chi connectivity index (χ0) is 19.3. The van der Waals surface area contributed by atoms with E-state index in [-0.39, 0.29) is 11.6 Å². The normalized spacial score (nSPS) is 10.7. The number of fused-ring (bicyclic) bond motifs is 1. The molecule has 0 radical (unpaired) electrons. The quantitative estimate of drug-likeness (QED) is 0.390. The molecule has 4 rings (SSSR count). The van der Waals surface area contributed by atoms with Crippen molar-refractivity contribution in [1.82, 2.24) is 14.4 Å². The molecule has 0 aliphatic rings. The summed E-state index contributed by atoms with van der Waals surface area (Å²) in [5, 5.41) is 14.5. The average Bonchev–Trinajstić information content (AvgIpc) is 3.10. The third-order valence-corrected chi connectivity index (χ3v) is 4.19.